The molecule has 0 atom stereocenters. The first-order chi connectivity index (χ1) is 9.38. The van der Waals surface area contributed by atoms with Crippen molar-refractivity contribution in [1.29, 1.82) is 0 Å². The number of methoxy groups -OCH3 is 1. The third kappa shape index (κ3) is 3.84. The average molecular weight is 300 g/mol. The molecular weight excluding hydrogens is 280 g/mol. The Morgan fingerprint density at radius 3 is 2.55 bits per heavy atom. The molecule has 0 spiro atoms. The number of primary amides is 1. The Morgan fingerprint density at radius 1 is 1.40 bits per heavy atom. The fraction of sp³-hybridized carbons (Fsp3) is 0.500. The smallest absolute Gasteiger partial charge is 0.343 e. The van der Waals surface area contributed by atoms with E-state index in [9.17, 15) is 9.59 Å². The van der Waals surface area contributed by atoms with Crippen LogP contribution in [-0.2, 0) is 4.74 Å². The first-order valence-electron chi connectivity index (χ1n) is 6.07. The number of anilines is 2. The maximum absolute atomic E-state index is 11.7. The zero-order chi connectivity index (χ0) is 15.3. The molecule has 20 heavy (non-hydrogen) atoms. The molecule has 0 radical (unpaired) electrons. The van der Waals surface area contributed by atoms with E-state index in [1.807, 2.05) is 14.1 Å². The number of nitrogens with two attached hydrogens (primary N) is 2. The maximum atomic E-state index is 11.7. The lowest BCUT2D eigenvalue weighted by molar-refractivity contribution is 0.0603. The number of amides is 1. The predicted octanol–water partition coefficient (Wildman–Crippen LogP) is 0.579. The number of nitrogens with one attached hydrogen (secondary N) is 1. The number of thiophene rings is 1. The molecular formula is C12H20N4O3S. The quantitative estimate of drug-likeness (QED) is 0.502. The molecule has 0 aliphatic carbocycles. The van der Waals surface area contributed by atoms with Crippen molar-refractivity contribution in [2.45, 2.75) is 6.42 Å². The highest BCUT2D eigenvalue weighted by molar-refractivity contribution is 7.19. The number of rotatable bonds is 7. The Morgan fingerprint density at radius 2 is 2.05 bits per heavy atom. The molecule has 0 aliphatic rings. The van der Waals surface area contributed by atoms with E-state index < -0.39 is 11.9 Å². The number of carbonyl (C=O) groups excluding carboxylic acids is 2. The number of carbonyl (C=O) groups is 2. The van der Waals surface area contributed by atoms with Gasteiger partial charge in [-0.2, -0.15) is 0 Å². The Labute approximate surface area is 121 Å². The normalized spacial score (nSPS) is 10.6. The van der Waals surface area contributed by atoms with Gasteiger partial charge >= 0.3 is 5.97 Å². The van der Waals surface area contributed by atoms with E-state index in [4.69, 9.17) is 11.5 Å². The lowest BCUT2D eigenvalue weighted by Crippen LogP contribution is -2.17. The van der Waals surface area contributed by atoms with Crippen LogP contribution in [-0.4, -0.2) is 51.1 Å². The third-order valence-corrected chi connectivity index (χ3v) is 3.80. The van der Waals surface area contributed by atoms with Gasteiger partial charge in [0.15, 0.2) is 0 Å². The Bertz CT molecular complexity index is 499. The van der Waals surface area contributed by atoms with Gasteiger partial charge in [-0.05, 0) is 27.1 Å². The molecule has 0 bridgehead atoms. The molecule has 1 amide bonds. The molecule has 0 fully saturated rings. The monoisotopic (exact) mass is 300 g/mol. The van der Waals surface area contributed by atoms with Crippen molar-refractivity contribution in [3.63, 3.8) is 0 Å². The number of nitrogen functional groups attached to an aromatic ring is 1. The topological polar surface area (TPSA) is 111 Å². The molecule has 1 aromatic heterocycles. The molecule has 1 heterocycles. The molecule has 5 N–H and O–H groups in total. The van der Waals surface area contributed by atoms with Gasteiger partial charge < -0.3 is 26.4 Å². The van der Waals surface area contributed by atoms with Crippen LogP contribution >= 0.6 is 11.3 Å². The van der Waals surface area contributed by atoms with Crippen LogP contribution in [0.25, 0.3) is 0 Å². The summed E-state index contributed by atoms with van der Waals surface area (Å²) in [4.78, 5) is 25.2. The third-order valence-electron chi connectivity index (χ3n) is 2.63. The van der Waals surface area contributed by atoms with Gasteiger partial charge in [-0.15, -0.1) is 11.3 Å². The summed E-state index contributed by atoms with van der Waals surface area (Å²) in [6.45, 7) is 1.56. The van der Waals surface area contributed by atoms with Crippen LogP contribution in [0.15, 0.2) is 0 Å². The second kappa shape index (κ2) is 7.11. The van der Waals surface area contributed by atoms with E-state index in [-0.39, 0.29) is 16.1 Å². The van der Waals surface area contributed by atoms with Gasteiger partial charge in [0.25, 0.3) is 5.91 Å². The second-order valence-corrected chi connectivity index (χ2v) is 5.51. The molecule has 0 aliphatic heterocycles. The molecule has 0 unspecified atom stereocenters. The number of nitrogens with zero attached hydrogens (tertiary/aromatic N) is 1. The number of hydrogen-bond donors (Lipinski definition) is 3. The van der Waals surface area contributed by atoms with Gasteiger partial charge in [-0.25, -0.2) is 4.79 Å². The Hall–Kier alpha value is -1.80. The molecule has 1 aromatic rings. The lowest BCUT2D eigenvalue weighted by Gasteiger charge is -2.10. The number of esters is 1. The van der Waals surface area contributed by atoms with Crippen molar-refractivity contribution in [3.05, 3.63) is 10.4 Å². The summed E-state index contributed by atoms with van der Waals surface area (Å²) in [5.74, 6) is -1.24. The van der Waals surface area contributed by atoms with Crippen LogP contribution in [0, 0.1) is 0 Å². The van der Waals surface area contributed by atoms with Gasteiger partial charge in [0.05, 0.1) is 12.8 Å². The van der Waals surface area contributed by atoms with E-state index in [0.717, 1.165) is 24.3 Å². The van der Waals surface area contributed by atoms with Gasteiger partial charge in [0.1, 0.15) is 15.4 Å². The highest BCUT2D eigenvalue weighted by Crippen LogP contribution is 2.35. The van der Waals surface area contributed by atoms with Crippen LogP contribution in [0.4, 0.5) is 10.7 Å². The van der Waals surface area contributed by atoms with Gasteiger partial charge in [0.2, 0.25) is 0 Å². The van der Waals surface area contributed by atoms with E-state index >= 15 is 0 Å². The minimum absolute atomic E-state index is 0.0736. The molecule has 8 heteroatoms. The molecule has 0 aromatic carbocycles. The fourth-order valence-corrected chi connectivity index (χ4v) is 2.64. The van der Waals surface area contributed by atoms with E-state index in [1.54, 1.807) is 0 Å². The summed E-state index contributed by atoms with van der Waals surface area (Å²) in [5.41, 5.74) is 11.3. The number of hydrogen-bond acceptors (Lipinski definition) is 7. The summed E-state index contributed by atoms with van der Waals surface area (Å²) in [7, 11) is 5.22. The van der Waals surface area contributed by atoms with E-state index in [0.29, 0.717) is 11.5 Å². The van der Waals surface area contributed by atoms with Gasteiger partial charge in [0, 0.05) is 6.54 Å². The molecule has 0 saturated carbocycles. The second-order valence-electron chi connectivity index (χ2n) is 4.49. The highest BCUT2D eigenvalue weighted by Gasteiger charge is 2.24. The van der Waals surface area contributed by atoms with Crippen LogP contribution in [0.2, 0.25) is 0 Å². The van der Waals surface area contributed by atoms with Crippen LogP contribution in [0.1, 0.15) is 26.5 Å². The molecule has 0 saturated heterocycles. The van der Waals surface area contributed by atoms with Crippen molar-refractivity contribution >= 4 is 33.9 Å². The largest absolute Gasteiger partial charge is 0.465 e. The van der Waals surface area contributed by atoms with Crippen LogP contribution in [0.3, 0.4) is 0 Å². The average Bonchev–Trinajstić information content (AvgIpc) is 2.71. The summed E-state index contributed by atoms with van der Waals surface area (Å²) < 4.78 is 4.68. The van der Waals surface area contributed by atoms with Crippen molar-refractivity contribution < 1.29 is 14.3 Å². The predicted molar refractivity (Wildman–Crippen MR) is 80.2 cm³/mol. The van der Waals surface area contributed by atoms with Crippen molar-refractivity contribution in [1.82, 2.24) is 4.90 Å². The first-order valence-corrected chi connectivity index (χ1v) is 6.89. The standard InChI is InChI=1S/C12H20N4O3S/c1-16(2)6-4-5-15-11-7(12(18)19-3)8(13)9(20-11)10(14)17/h15H,4-6,13H2,1-3H3,(H2,14,17). The van der Waals surface area contributed by atoms with Crippen molar-refractivity contribution in [2.24, 2.45) is 5.73 Å². The minimum Gasteiger partial charge on any atom is -0.465 e. The number of ether oxygens (including phenoxy) is 1. The Kier molecular flexibility index (Phi) is 5.78. The summed E-state index contributed by atoms with van der Waals surface area (Å²) in [6.07, 6.45) is 0.886. The molecule has 112 valence electrons. The van der Waals surface area contributed by atoms with Crippen molar-refractivity contribution in [3.8, 4) is 0 Å². The van der Waals surface area contributed by atoms with Crippen molar-refractivity contribution in [2.75, 3.05) is 45.3 Å². The summed E-state index contributed by atoms with van der Waals surface area (Å²) >= 11 is 1.07. The first kappa shape index (κ1) is 16.3. The van der Waals surface area contributed by atoms with Crippen LogP contribution < -0.4 is 16.8 Å². The zero-order valence-electron chi connectivity index (χ0n) is 11.9. The molecule has 7 nitrogen and oxygen atoms in total. The fourth-order valence-electron chi connectivity index (χ4n) is 1.65. The lowest BCUT2D eigenvalue weighted by atomic mass is 10.2. The summed E-state index contributed by atoms with van der Waals surface area (Å²) in [5, 5.41) is 3.62. The van der Waals surface area contributed by atoms with Gasteiger partial charge in [-0.3, -0.25) is 4.79 Å². The summed E-state index contributed by atoms with van der Waals surface area (Å²) in [6, 6.07) is 0. The van der Waals surface area contributed by atoms with Crippen LogP contribution in [0.5, 0.6) is 0 Å². The van der Waals surface area contributed by atoms with E-state index in [1.165, 1.54) is 7.11 Å². The zero-order valence-corrected chi connectivity index (χ0v) is 12.7. The van der Waals surface area contributed by atoms with E-state index in [2.05, 4.69) is 15.0 Å². The molecule has 1 rings (SSSR count). The Balaban J connectivity index is 2.90. The van der Waals surface area contributed by atoms with Gasteiger partial charge in [-0.1, -0.05) is 0 Å². The minimum atomic E-state index is -0.654. The SMILES string of the molecule is COC(=O)c1c(NCCCN(C)C)sc(C(N)=O)c1N. The maximum Gasteiger partial charge on any atom is 0.343 e. The highest BCUT2D eigenvalue weighted by atomic mass is 32.1.